The van der Waals surface area contributed by atoms with E-state index >= 15 is 0 Å². The molecule has 2 aliphatic rings. The maximum absolute atomic E-state index is 9.78. The molecule has 0 spiro atoms. The van der Waals surface area contributed by atoms with Gasteiger partial charge in [0.15, 0.2) is 0 Å². The Hall–Kier alpha value is -1.06. The van der Waals surface area contributed by atoms with Gasteiger partial charge < -0.3 is 9.84 Å². The SMILES string of the molecule is CC1CN(C2CCCc3ccc(O)cc32)C(C)CO1. The van der Waals surface area contributed by atoms with Crippen LogP contribution in [0.3, 0.4) is 0 Å². The summed E-state index contributed by atoms with van der Waals surface area (Å²) < 4.78 is 5.73. The van der Waals surface area contributed by atoms with Gasteiger partial charge in [-0.3, -0.25) is 4.90 Å². The molecule has 1 aliphatic carbocycles. The van der Waals surface area contributed by atoms with Crippen molar-refractivity contribution < 1.29 is 9.84 Å². The highest BCUT2D eigenvalue weighted by atomic mass is 16.5. The van der Waals surface area contributed by atoms with Crippen LogP contribution in [-0.4, -0.2) is 35.3 Å². The maximum atomic E-state index is 9.78. The highest BCUT2D eigenvalue weighted by molar-refractivity contribution is 5.38. The Labute approximate surface area is 115 Å². The number of phenols is 1. The second-order valence-corrected chi connectivity index (χ2v) is 5.98. The standard InChI is InChI=1S/C16H23NO2/c1-11-10-19-12(2)9-17(11)16-5-3-4-13-6-7-14(18)8-15(13)16/h6-8,11-12,16,18H,3-5,9-10H2,1-2H3. The first-order valence-electron chi connectivity index (χ1n) is 7.34. The fourth-order valence-corrected chi connectivity index (χ4v) is 3.47. The van der Waals surface area contributed by atoms with Crippen molar-refractivity contribution in [3.8, 4) is 5.75 Å². The van der Waals surface area contributed by atoms with Crippen LogP contribution in [0.25, 0.3) is 0 Å². The molecular weight excluding hydrogens is 238 g/mol. The molecule has 1 fully saturated rings. The molecule has 19 heavy (non-hydrogen) atoms. The molecule has 0 aromatic heterocycles. The third-order valence-corrected chi connectivity index (χ3v) is 4.47. The Kier molecular flexibility index (Phi) is 3.50. The molecule has 1 N–H and O–H groups in total. The van der Waals surface area contributed by atoms with E-state index in [0.717, 1.165) is 19.6 Å². The summed E-state index contributed by atoms with van der Waals surface area (Å²) in [4.78, 5) is 2.56. The quantitative estimate of drug-likeness (QED) is 0.843. The van der Waals surface area contributed by atoms with E-state index in [2.05, 4.69) is 24.8 Å². The monoisotopic (exact) mass is 261 g/mol. The number of nitrogens with zero attached hydrogens (tertiary/aromatic N) is 1. The number of rotatable bonds is 1. The first-order chi connectivity index (χ1) is 9.15. The number of morpholine rings is 1. The molecular formula is C16H23NO2. The molecule has 3 rings (SSSR count). The molecule has 3 heteroatoms. The normalized spacial score (nSPS) is 32.0. The third-order valence-electron chi connectivity index (χ3n) is 4.47. The van der Waals surface area contributed by atoms with E-state index in [4.69, 9.17) is 4.74 Å². The second-order valence-electron chi connectivity index (χ2n) is 5.98. The molecule has 3 nitrogen and oxygen atoms in total. The van der Waals surface area contributed by atoms with Gasteiger partial charge in [-0.2, -0.15) is 0 Å². The largest absolute Gasteiger partial charge is 0.508 e. The lowest BCUT2D eigenvalue weighted by atomic mass is 9.85. The molecule has 0 amide bonds. The first-order valence-corrected chi connectivity index (χ1v) is 7.34. The van der Waals surface area contributed by atoms with Crippen LogP contribution in [0.5, 0.6) is 5.75 Å². The van der Waals surface area contributed by atoms with E-state index in [-0.39, 0.29) is 0 Å². The van der Waals surface area contributed by atoms with Gasteiger partial charge in [0.05, 0.1) is 12.7 Å². The van der Waals surface area contributed by atoms with Gasteiger partial charge in [-0.1, -0.05) is 6.07 Å². The lowest BCUT2D eigenvalue weighted by Crippen LogP contribution is -2.49. The molecule has 104 valence electrons. The van der Waals surface area contributed by atoms with E-state index in [9.17, 15) is 5.11 Å². The van der Waals surface area contributed by atoms with Gasteiger partial charge in [-0.25, -0.2) is 0 Å². The third kappa shape index (κ3) is 2.49. The predicted octanol–water partition coefficient (Wildman–Crippen LogP) is 2.88. The van der Waals surface area contributed by atoms with Gasteiger partial charge >= 0.3 is 0 Å². The number of ether oxygens (including phenoxy) is 1. The molecule has 3 atom stereocenters. The van der Waals surface area contributed by atoms with Gasteiger partial charge in [-0.15, -0.1) is 0 Å². The van der Waals surface area contributed by atoms with E-state index in [1.54, 1.807) is 0 Å². The van der Waals surface area contributed by atoms with Crippen molar-refractivity contribution >= 4 is 0 Å². The predicted molar refractivity (Wildman–Crippen MR) is 75.4 cm³/mol. The van der Waals surface area contributed by atoms with E-state index in [1.165, 1.54) is 24.0 Å². The second kappa shape index (κ2) is 5.14. The van der Waals surface area contributed by atoms with Crippen LogP contribution in [0.15, 0.2) is 18.2 Å². The van der Waals surface area contributed by atoms with Crippen molar-refractivity contribution in [1.29, 1.82) is 0 Å². The molecule has 0 saturated carbocycles. The number of hydrogen-bond acceptors (Lipinski definition) is 3. The van der Waals surface area contributed by atoms with Crippen molar-refractivity contribution in [2.75, 3.05) is 13.2 Å². The first kappa shape index (κ1) is 12.9. The number of fused-ring (bicyclic) bond motifs is 1. The summed E-state index contributed by atoms with van der Waals surface area (Å²) in [6, 6.07) is 6.76. The highest BCUT2D eigenvalue weighted by Gasteiger charge is 2.33. The minimum atomic E-state index is 0.305. The lowest BCUT2D eigenvalue weighted by Gasteiger charge is -2.44. The smallest absolute Gasteiger partial charge is 0.115 e. The Morgan fingerprint density at radius 3 is 3.00 bits per heavy atom. The number of benzene rings is 1. The van der Waals surface area contributed by atoms with Crippen molar-refractivity contribution in [2.45, 2.75) is 51.3 Å². The summed E-state index contributed by atoms with van der Waals surface area (Å²) in [7, 11) is 0. The summed E-state index contributed by atoms with van der Waals surface area (Å²) in [6.45, 7) is 6.18. The molecule has 1 aromatic carbocycles. The Morgan fingerprint density at radius 1 is 1.32 bits per heavy atom. The van der Waals surface area contributed by atoms with Gasteiger partial charge in [0.2, 0.25) is 0 Å². The number of phenolic OH excluding ortho intramolecular Hbond substituents is 1. The number of hydrogen-bond donors (Lipinski definition) is 1. The summed E-state index contributed by atoms with van der Waals surface area (Å²) in [5.41, 5.74) is 2.73. The van der Waals surface area contributed by atoms with Crippen LogP contribution in [0, 0.1) is 0 Å². The van der Waals surface area contributed by atoms with E-state index in [0.29, 0.717) is 23.9 Å². The molecule has 1 aliphatic heterocycles. The molecule has 0 radical (unpaired) electrons. The number of aromatic hydroxyl groups is 1. The van der Waals surface area contributed by atoms with E-state index < -0.39 is 0 Å². The van der Waals surface area contributed by atoms with Gasteiger partial charge in [0, 0.05) is 18.6 Å². The molecule has 1 heterocycles. The fourth-order valence-electron chi connectivity index (χ4n) is 3.47. The Bertz CT molecular complexity index is 460. The fraction of sp³-hybridized carbons (Fsp3) is 0.625. The van der Waals surface area contributed by atoms with Crippen LogP contribution in [-0.2, 0) is 11.2 Å². The molecule has 3 unspecified atom stereocenters. The zero-order valence-corrected chi connectivity index (χ0v) is 11.8. The topological polar surface area (TPSA) is 32.7 Å². The molecule has 0 bridgehead atoms. The summed E-state index contributed by atoms with van der Waals surface area (Å²) in [5.74, 6) is 0.389. The summed E-state index contributed by atoms with van der Waals surface area (Å²) in [5, 5.41) is 9.78. The van der Waals surface area contributed by atoms with Crippen molar-refractivity contribution in [3.05, 3.63) is 29.3 Å². The zero-order chi connectivity index (χ0) is 13.4. The Balaban J connectivity index is 1.91. The van der Waals surface area contributed by atoms with Gasteiger partial charge in [-0.05, 0) is 56.4 Å². The molecule has 1 aromatic rings. The molecule has 1 saturated heterocycles. The van der Waals surface area contributed by atoms with Crippen molar-refractivity contribution in [3.63, 3.8) is 0 Å². The van der Waals surface area contributed by atoms with Gasteiger partial charge in [0.25, 0.3) is 0 Å². The Morgan fingerprint density at radius 2 is 2.16 bits per heavy atom. The van der Waals surface area contributed by atoms with Crippen LogP contribution in [0.4, 0.5) is 0 Å². The van der Waals surface area contributed by atoms with E-state index in [1.807, 2.05) is 12.1 Å². The average molecular weight is 261 g/mol. The summed E-state index contributed by atoms with van der Waals surface area (Å²) >= 11 is 0. The van der Waals surface area contributed by atoms with Crippen molar-refractivity contribution in [1.82, 2.24) is 4.90 Å². The maximum Gasteiger partial charge on any atom is 0.115 e. The minimum absolute atomic E-state index is 0.305. The zero-order valence-electron chi connectivity index (χ0n) is 11.8. The van der Waals surface area contributed by atoms with Gasteiger partial charge in [0.1, 0.15) is 5.75 Å². The number of aryl methyl sites for hydroxylation is 1. The van der Waals surface area contributed by atoms with Crippen LogP contribution < -0.4 is 0 Å². The summed E-state index contributed by atoms with van der Waals surface area (Å²) in [6.07, 6.45) is 3.87. The average Bonchev–Trinajstić information content (AvgIpc) is 2.41. The lowest BCUT2D eigenvalue weighted by molar-refractivity contribution is -0.0691. The van der Waals surface area contributed by atoms with Crippen molar-refractivity contribution in [2.24, 2.45) is 0 Å². The highest BCUT2D eigenvalue weighted by Crippen LogP contribution is 2.38. The minimum Gasteiger partial charge on any atom is -0.508 e. The van der Waals surface area contributed by atoms with Crippen LogP contribution in [0.1, 0.15) is 43.9 Å². The van der Waals surface area contributed by atoms with Crippen LogP contribution >= 0.6 is 0 Å². The van der Waals surface area contributed by atoms with Crippen LogP contribution in [0.2, 0.25) is 0 Å².